The molecule has 2 aromatic heterocycles. The molecule has 1 aliphatic heterocycles. The predicted octanol–water partition coefficient (Wildman–Crippen LogP) is 2.96. The number of nitrogens with zero attached hydrogens (tertiary/aromatic N) is 4. The molecular weight excluding hydrogens is 450 g/mol. The number of benzene rings is 1. The number of hydrogen-bond acceptors (Lipinski definition) is 6. The monoisotopic (exact) mass is 463 g/mol. The summed E-state index contributed by atoms with van der Waals surface area (Å²) >= 11 is 6.22. The molecule has 0 aliphatic carbocycles. The van der Waals surface area contributed by atoms with Crippen LogP contribution in [0.1, 0.15) is 5.69 Å². The first kappa shape index (κ1) is 18.2. The number of carbonyl (C=O) groups excluding carboxylic acids is 2. The molecule has 3 heterocycles. The molecule has 1 fully saturated rings. The van der Waals surface area contributed by atoms with Gasteiger partial charge in [-0.05, 0) is 12.1 Å². The Morgan fingerprint density at radius 2 is 2.15 bits per heavy atom. The van der Waals surface area contributed by atoms with Gasteiger partial charge < -0.3 is 0 Å². The molecule has 0 saturated carbocycles. The number of amides is 2. The Hall–Kier alpha value is -2.17. The van der Waals surface area contributed by atoms with Crippen molar-refractivity contribution in [3.63, 3.8) is 0 Å². The molecule has 2 amide bonds. The number of hydrogen-bond donors (Lipinski definition) is 1. The van der Waals surface area contributed by atoms with Gasteiger partial charge in [0.25, 0.3) is 0 Å². The van der Waals surface area contributed by atoms with Crippen LogP contribution in [0.4, 0.5) is 0 Å². The zero-order valence-electron chi connectivity index (χ0n) is 14.2. The van der Waals surface area contributed by atoms with Gasteiger partial charge in [-0.25, -0.2) is 10.4 Å². The van der Waals surface area contributed by atoms with Crippen molar-refractivity contribution in [1.29, 1.82) is 0 Å². The normalized spacial score (nSPS) is 15.9. The van der Waals surface area contributed by atoms with Crippen LogP contribution in [0.3, 0.4) is 0 Å². The van der Waals surface area contributed by atoms with E-state index in [9.17, 15) is 9.59 Å². The van der Waals surface area contributed by atoms with Gasteiger partial charge in [-0.3, -0.25) is 18.9 Å². The second-order valence-corrected chi connectivity index (χ2v) is 8.55. The van der Waals surface area contributed by atoms with Crippen LogP contribution in [0.2, 0.25) is 0 Å². The summed E-state index contributed by atoms with van der Waals surface area (Å²) in [6.45, 7) is 0. The van der Waals surface area contributed by atoms with Crippen molar-refractivity contribution in [1.82, 2.24) is 19.7 Å². The van der Waals surface area contributed by atoms with E-state index >= 15 is 0 Å². The number of thioether (sulfide) groups is 1. The highest BCUT2D eigenvalue weighted by atomic mass is 79.9. The van der Waals surface area contributed by atoms with Crippen LogP contribution in [-0.4, -0.2) is 44.1 Å². The van der Waals surface area contributed by atoms with E-state index in [-0.39, 0.29) is 18.2 Å². The molecule has 138 valence electrons. The summed E-state index contributed by atoms with van der Waals surface area (Å²) in [5.74, 6) is 0.0883. The van der Waals surface area contributed by atoms with Crippen LogP contribution in [0.15, 0.2) is 45.4 Å². The van der Waals surface area contributed by atoms with Crippen LogP contribution in [0.25, 0.3) is 16.2 Å². The summed E-state index contributed by atoms with van der Waals surface area (Å²) in [4.78, 5) is 30.6. The van der Waals surface area contributed by atoms with Gasteiger partial charge in [-0.2, -0.15) is 0 Å². The zero-order chi connectivity index (χ0) is 19.0. The highest BCUT2D eigenvalue weighted by Crippen LogP contribution is 2.25. The first-order valence-corrected chi connectivity index (χ1v) is 10.6. The number of carbonyl (C=O) groups is 2. The Kier molecular flexibility index (Phi) is 5.02. The molecule has 0 bridgehead atoms. The maximum atomic E-state index is 12.2. The van der Waals surface area contributed by atoms with E-state index in [1.807, 2.05) is 40.2 Å². The molecule has 1 aliphatic rings. The molecule has 27 heavy (non-hydrogen) atoms. The third-order valence-corrected chi connectivity index (χ3v) is 6.46. The van der Waals surface area contributed by atoms with Gasteiger partial charge in [0.05, 0.1) is 17.9 Å². The van der Waals surface area contributed by atoms with Crippen molar-refractivity contribution >= 4 is 61.0 Å². The summed E-state index contributed by atoms with van der Waals surface area (Å²) < 4.78 is 2.94. The molecule has 7 nitrogen and oxygen atoms in total. The highest BCUT2D eigenvalue weighted by molar-refractivity contribution is 9.10. The number of aromatic nitrogens is 2. The number of nitrogens with one attached hydrogen (secondary N) is 1. The standard InChI is InChI=1S/C17H14BrN5O2S2/c1-22-15(25)9-27-17(22)21-20-14(24)6-12-8-26-16-19-13(7-23(12)16)10-2-4-11(18)5-3-10/h2-5,7-8H,6,9H2,1H3,(H,20,24)/b21-17-. The van der Waals surface area contributed by atoms with Gasteiger partial charge >= 0.3 is 0 Å². The van der Waals surface area contributed by atoms with Crippen LogP contribution in [0, 0.1) is 0 Å². The van der Waals surface area contributed by atoms with Gasteiger partial charge in [-0.15, -0.1) is 16.4 Å². The van der Waals surface area contributed by atoms with Crippen LogP contribution >= 0.6 is 39.0 Å². The highest BCUT2D eigenvalue weighted by Gasteiger charge is 2.24. The molecule has 10 heteroatoms. The number of imidazole rings is 1. The lowest BCUT2D eigenvalue weighted by Gasteiger charge is -2.07. The topological polar surface area (TPSA) is 79.1 Å². The van der Waals surface area contributed by atoms with Crippen molar-refractivity contribution in [3.05, 3.63) is 46.0 Å². The lowest BCUT2D eigenvalue weighted by Crippen LogP contribution is -2.28. The molecule has 0 atom stereocenters. The quantitative estimate of drug-likeness (QED) is 0.603. The van der Waals surface area contributed by atoms with E-state index in [1.54, 1.807) is 7.05 Å². The van der Waals surface area contributed by atoms with Crippen LogP contribution in [0.5, 0.6) is 0 Å². The van der Waals surface area contributed by atoms with Gasteiger partial charge in [0.15, 0.2) is 10.1 Å². The second-order valence-electron chi connectivity index (χ2n) is 5.86. The van der Waals surface area contributed by atoms with Crippen molar-refractivity contribution < 1.29 is 9.59 Å². The number of halogens is 1. The van der Waals surface area contributed by atoms with Crippen LogP contribution < -0.4 is 5.43 Å². The fraction of sp³-hybridized carbons (Fsp3) is 0.176. The molecule has 1 saturated heterocycles. The van der Waals surface area contributed by atoms with Gasteiger partial charge in [-0.1, -0.05) is 39.8 Å². The molecule has 0 radical (unpaired) electrons. The van der Waals surface area contributed by atoms with E-state index in [4.69, 9.17) is 0 Å². The summed E-state index contributed by atoms with van der Waals surface area (Å²) in [5.41, 5.74) is 5.24. The van der Waals surface area contributed by atoms with E-state index < -0.39 is 0 Å². The maximum Gasteiger partial charge on any atom is 0.246 e. The Balaban J connectivity index is 1.49. The Morgan fingerprint density at radius 1 is 1.37 bits per heavy atom. The molecule has 1 N–H and O–H groups in total. The smallest absolute Gasteiger partial charge is 0.246 e. The van der Waals surface area contributed by atoms with Crippen molar-refractivity contribution in [2.24, 2.45) is 5.10 Å². The minimum atomic E-state index is -0.241. The van der Waals surface area contributed by atoms with Crippen molar-refractivity contribution in [2.45, 2.75) is 6.42 Å². The average molecular weight is 464 g/mol. The summed E-state index contributed by atoms with van der Waals surface area (Å²) in [5, 5.41) is 6.46. The average Bonchev–Trinajstić information content (AvgIpc) is 3.32. The molecule has 1 aromatic carbocycles. The lowest BCUT2D eigenvalue weighted by molar-refractivity contribution is -0.123. The minimum Gasteiger partial charge on any atom is -0.294 e. The Bertz CT molecular complexity index is 1060. The third-order valence-electron chi connectivity index (χ3n) is 4.03. The van der Waals surface area contributed by atoms with Gasteiger partial charge in [0, 0.05) is 34.4 Å². The fourth-order valence-corrected chi connectivity index (χ4v) is 4.55. The largest absolute Gasteiger partial charge is 0.294 e. The van der Waals surface area contributed by atoms with E-state index in [2.05, 4.69) is 31.4 Å². The third kappa shape index (κ3) is 3.78. The Morgan fingerprint density at radius 3 is 2.85 bits per heavy atom. The lowest BCUT2D eigenvalue weighted by atomic mass is 10.2. The van der Waals surface area contributed by atoms with Gasteiger partial charge in [0.2, 0.25) is 11.8 Å². The summed E-state index contributed by atoms with van der Waals surface area (Å²) in [6, 6.07) is 7.93. The molecule has 0 spiro atoms. The zero-order valence-corrected chi connectivity index (χ0v) is 17.4. The molecule has 4 rings (SSSR count). The van der Waals surface area contributed by atoms with Crippen molar-refractivity contribution in [3.8, 4) is 11.3 Å². The molecular formula is C17H14BrN5O2S2. The Labute approximate surface area is 171 Å². The summed E-state index contributed by atoms with van der Waals surface area (Å²) in [6.07, 6.45) is 2.11. The first-order valence-electron chi connectivity index (χ1n) is 7.98. The maximum absolute atomic E-state index is 12.2. The van der Waals surface area contributed by atoms with E-state index in [0.29, 0.717) is 10.9 Å². The molecule has 3 aromatic rings. The minimum absolute atomic E-state index is 0.0218. The number of amidine groups is 1. The fourth-order valence-electron chi connectivity index (χ4n) is 2.56. The second kappa shape index (κ2) is 7.45. The first-order chi connectivity index (χ1) is 13.0. The number of hydrazone groups is 1. The molecule has 0 unspecified atom stereocenters. The van der Waals surface area contributed by atoms with E-state index in [1.165, 1.54) is 28.0 Å². The van der Waals surface area contributed by atoms with Crippen LogP contribution in [-0.2, 0) is 16.0 Å². The summed E-state index contributed by atoms with van der Waals surface area (Å²) in [7, 11) is 1.64. The van der Waals surface area contributed by atoms with Crippen molar-refractivity contribution in [2.75, 3.05) is 12.8 Å². The number of thiazole rings is 1. The van der Waals surface area contributed by atoms with Gasteiger partial charge in [0.1, 0.15) is 0 Å². The SMILES string of the molecule is CN1C(=O)CS/C1=N\NC(=O)Cc1csc2nc(-c3ccc(Br)cc3)cn12. The number of rotatable bonds is 4. The predicted molar refractivity (Wildman–Crippen MR) is 111 cm³/mol. The number of fused-ring (bicyclic) bond motifs is 1. The van der Waals surface area contributed by atoms with E-state index in [0.717, 1.165) is 26.4 Å².